The topological polar surface area (TPSA) is 20.3 Å². The van der Waals surface area contributed by atoms with E-state index in [-0.39, 0.29) is 0 Å². The van der Waals surface area contributed by atoms with Crippen LogP contribution >= 0.6 is 0 Å². The largest absolute Gasteiger partial charge is 0.343 e. The summed E-state index contributed by atoms with van der Waals surface area (Å²) in [6, 6.07) is 0. The minimum Gasteiger partial charge on any atom is -0.343 e. The summed E-state index contributed by atoms with van der Waals surface area (Å²) in [5.41, 5.74) is 0. The van der Waals surface area contributed by atoms with Gasteiger partial charge in [0, 0.05) is 19.5 Å². The van der Waals surface area contributed by atoms with E-state index >= 15 is 0 Å². The fourth-order valence-electron chi connectivity index (χ4n) is 1.66. The number of amides is 1. The Bertz CT molecular complexity index is 157. The van der Waals surface area contributed by atoms with Gasteiger partial charge in [-0.3, -0.25) is 4.79 Å². The lowest BCUT2D eigenvalue weighted by atomic mass is 10.2. The van der Waals surface area contributed by atoms with E-state index in [4.69, 9.17) is 0 Å². The van der Waals surface area contributed by atoms with Crippen molar-refractivity contribution >= 4 is 5.91 Å². The maximum Gasteiger partial charge on any atom is 0.222 e. The number of nitrogens with zero attached hydrogens (tertiary/aromatic N) is 1. The number of hydrogen-bond acceptors (Lipinski definition) is 1. The average molecular weight is 213 g/mol. The van der Waals surface area contributed by atoms with Crippen LogP contribution in [0.5, 0.6) is 0 Å². The van der Waals surface area contributed by atoms with Crippen molar-refractivity contribution in [3.63, 3.8) is 0 Å². The summed E-state index contributed by atoms with van der Waals surface area (Å²) >= 11 is 0. The highest BCUT2D eigenvalue weighted by Gasteiger charge is 2.10. The summed E-state index contributed by atoms with van der Waals surface area (Å²) in [6.07, 6.45) is 7.56. The summed E-state index contributed by atoms with van der Waals surface area (Å²) in [7, 11) is 0. The Labute approximate surface area is 95.0 Å². The Kier molecular flexibility index (Phi) is 9.65. The van der Waals surface area contributed by atoms with Crippen molar-refractivity contribution in [1.29, 1.82) is 0 Å². The predicted octanol–water partition coefficient (Wildman–Crippen LogP) is 3.61. The van der Waals surface area contributed by atoms with Gasteiger partial charge in [-0.05, 0) is 19.3 Å². The molecule has 0 saturated heterocycles. The van der Waals surface area contributed by atoms with E-state index in [2.05, 4.69) is 20.8 Å². The maximum absolute atomic E-state index is 11.8. The Balaban J connectivity index is 3.81. The molecule has 15 heavy (non-hydrogen) atoms. The van der Waals surface area contributed by atoms with Gasteiger partial charge in [-0.2, -0.15) is 0 Å². The fourth-order valence-corrected chi connectivity index (χ4v) is 1.66. The Morgan fingerprint density at radius 2 is 1.53 bits per heavy atom. The molecule has 0 rings (SSSR count). The maximum atomic E-state index is 11.8. The van der Waals surface area contributed by atoms with Gasteiger partial charge >= 0.3 is 0 Å². The molecule has 0 saturated carbocycles. The molecule has 0 atom stereocenters. The van der Waals surface area contributed by atoms with Crippen LogP contribution in [0.25, 0.3) is 0 Å². The van der Waals surface area contributed by atoms with Crippen molar-refractivity contribution in [3.05, 3.63) is 0 Å². The van der Waals surface area contributed by atoms with Crippen LogP contribution in [0.15, 0.2) is 0 Å². The molecular weight excluding hydrogens is 186 g/mol. The van der Waals surface area contributed by atoms with Gasteiger partial charge in [0.15, 0.2) is 0 Å². The SMILES string of the molecule is CCCCCC(=O)N(CCC)CCCC. The third-order valence-electron chi connectivity index (χ3n) is 2.62. The zero-order valence-corrected chi connectivity index (χ0v) is 10.7. The molecule has 0 aromatic carbocycles. The molecule has 0 fully saturated rings. The van der Waals surface area contributed by atoms with Crippen LogP contribution in [0, 0.1) is 0 Å². The normalized spacial score (nSPS) is 10.3. The first kappa shape index (κ1) is 14.5. The molecule has 0 heterocycles. The molecule has 0 aliphatic heterocycles. The van der Waals surface area contributed by atoms with Crippen LogP contribution < -0.4 is 0 Å². The molecule has 0 aromatic rings. The predicted molar refractivity (Wildman–Crippen MR) is 65.9 cm³/mol. The number of unbranched alkanes of at least 4 members (excludes halogenated alkanes) is 3. The summed E-state index contributed by atoms with van der Waals surface area (Å²) in [6.45, 7) is 8.37. The third kappa shape index (κ3) is 7.40. The van der Waals surface area contributed by atoms with Crippen LogP contribution in [-0.2, 0) is 4.79 Å². The highest BCUT2D eigenvalue weighted by Crippen LogP contribution is 2.05. The van der Waals surface area contributed by atoms with Crippen molar-refractivity contribution in [1.82, 2.24) is 4.90 Å². The van der Waals surface area contributed by atoms with Gasteiger partial charge in [-0.15, -0.1) is 0 Å². The molecule has 0 bridgehead atoms. The number of carbonyl (C=O) groups excluding carboxylic acids is 1. The lowest BCUT2D eigenvalue weighted by Gasteiger charge is -2.21. The first-order chi connectivity index (χ1) is 7.26. The van der Waals surface area contributed by atoms with Gasteiger partial charge in [0.25, 0.3) is 0 Å². The molecule has 0 aliphatic rings. The first-order valence-corrected chi connectivity index (χ1v) is 6.54. The second kappa shape index (κ2) is 10.0. The molecule has 0 N–H and O–H groups in total. The lowest BCUT2D eigenvalue weighted by molar-refractivity contribution is -0.131. The molecule has 1 amide bonds. The van der Waals surface area contributed by atoms with E-state index in [1.807, 2.05) is 4.90 Å². The molecule has 0 radical (unpaired) electrons. The van der Waals surface area contributed by atoms with Crippen molar-refractivity contribution in [3.8, 4) is 0 Å². The molecule has 2 heteroatoms. The van der Waals surface area contributed by atoms with Crippen molar-refractivity contribution in [2.45, 2.75) is 65.7 Å². The van der Waals surface area contributed by atoms with Crippen molar-refractivity contribution in [2.75, 3.05) is 13.1 Å². The summed E-state index contributed by atoms with van der Waals surface area (Å²) in [4.78, 5) is 13.9. The number of hydrogen-bond donors (Lipinski definition) is 0. The van der Waals surface area contributed by atoms with Crippen LogP contribution in [0.2, 0.25) is 0 Å². The van der Waals surface area contributed by atoms with E-state index in [1.165, 1.54) is 19.3 Å². The fraction of sp³-hybridized carbons (Fsp3) is 0.923. The highest BCUT2D eigenvalue weighted by molar-refractivity contribution is 5.76. The Hall–Kier alpha value is -0.530. The average Bonchev–Trinajstić information content (AvgIpc) is 2.24. The molecule has 0 unspecified atom stereocenters. The van der Waals surface area contributed by atoms with E-state index < -0.39 is 0 Å². The van der Waals surface area contributed by atoms with Crippen molar-refractivity contribution in [2.24, 2.45) is 0 Å². The molecule has 0 aliphatic carbocycles. The van der Waals surface area contributed by atoms with Crippen LogP contribution in [0.3, 0.4) is 0 Å². The molecule has 0 spiro atoms. The van der Waals surface area contributed by atoms with E-state index in [1.54, 1.807) is 0 Å². The van der Waals surface area contributed by atoms with Gasteiger partial charge in [-0.25, -0.2) is 0 Å². The van der Waals surface area contributed by atoms with E-state index in [9.17, 15) is 4.79 Å². The van der Waals surface area contributed by atoms with Gasteiger partial charge in [0.1, 0.15) is 0 Å². The summed E-state index contributed by atoms with van der Waals surface area (Å²) in [5.74, 6) is 0.360. The number of carbonyl (C=O) groups is 1. The minimum atomic E-state index is 0.360. The van der Waals surface area contributed by atoms with Gasteiger partial charge in [-0.1, -0.05) is 40.0 Å². The summed E-state index contributed by atoms with van der Waals surface area (Å²) < 4.78 is 0. The van der Waals surface area contributed by atoms with E-state index in [0.717, 1.165) is 38.8 Å². The van der Waals surface area contributed by atoms with E-state index in [0.29, 0.717) is 5.91 Å². The summed E-state index contributed by atoms with van der Waals surface area (Å²) in [5, 5.41) is 0. The van der Waals surface area contributed by atoms with Crippen LogP contribution in [0.4, 0.5) is 0 Å². The zero-order valence-electron chi connectivity index (χ0n) is 10.7. The van der Waals surface area contributed by atoms with Crippen LogP contribution in [-0.4, -0.2) is 23.9 Å². The van der Waals surface area contributed by atoms with Crippen LogP contribution in [0.1, 0.15) is 65.7 Å². The van der Waals surface area contributed by atoms with Gasteiger partial charge < -0.3 is 4.90 Å². The molecule has 0 aromatic heterocycles. The van der Waals surface area contributed by atoms with Gasteiger partial charge in [0.2, 0.25) is 5.91 Å². The highest BCUT2D eigenvalue weighted by atomic mass is 16.2. The monoisotopic (exact) mass is 213 g/mol. The standard InChI is InChI=1S/C13H27NO/c1-4-7-9-10-13(15)14(11-6-3)12-8-5-2/h4-12H2,1-3H3. The Morgan fingerprint density at radius 3 is 2.07 bits per heavy atom. The molecular formula is C13H27NO. The smallest absolute Gasteiger partial charge is 0.222 e. The molecule has 90 valence electrons. The first-order valence-electron chi connectivity index (χ1n) is 6.54. The lowest BCUT2D eigenvalue weighted by Crippen LogP contribution is -2.32. The zero-order chi connectivity index (χ0) is 11.5. The van der Waals surface area contributed by atoms with Crippen molar-refractivity contribution < 1.29 is 4.79 Å². The quantitative estimate of drug-likeness (QED) is 0.536. The second-order valence-corrected chi connectivity index (χ2v) is 4.19. The number of rotatable bonds is 9. The van der Waals surface area contributed by atoms with Gasteiger partial charge in [0.05, 0.1) is 0 Å². The third-order valence-corrected chi connectivity index (χ3v) is 2.62. The molecule has 2 nitrogen and oxygen atoms in total. The Morgan fingerprint density at radius 1 is 0.867 bits per heavy atom. The second-order valence-electron chi connectivity index (χ2n) is 4.19. The minimum absolute atomic E-state index is 0.360.